The molecule has 0 aliphatic heterocycles. The number of amides is 3. The summed E-state index contributed by atoms with van der Waals surface area (Å²) in [6.45, 7) is 6.62. The van der Waals surface area contributed by atoms with E-state index >= 15 is 0 Å². The topological polar surface area (TPSA) is 135 Å². The van der Waals surface area contributed by atoms with Gasteiger partial charge in [0.25, 0.3) is 11.8 Å². The van der Waals surface area contributed by atoms with Gasteiger partial charge in [-0.05, 0) is 59.6 Å². The van der Waals surface area contributed by atoms with Crippen LogP contribution in [0.4, 0.5) is 17.1 Å². The van der Waals surface area contributed by atoms with Crippen molar-refractivity contribution in [2.45, 2.75) is 39.7 Å². The average molecular weight is 537 g/mol. The summed E-state index contributed by atoms with van der Waals surface area (Å²) >= 11 is 0.796. The van der Waals surface area contributed by atoms with Crippen molar-refractivity contribution in [2.75, 3.05) is 36.2 Å². The molecule has 3 amide bonds. The van der Waals surface area contributed by atoms with E-state index < -0.39 is 17.9 Å². The lowest BCUT2D eigenvalue weighted by Crippen LogP contribution is -2.44. The lowest BCUT2D eigenvalue weighted by Gasteiger charge is -2.33. The van der Waals surface area contributed by atoms with E-state index in [9.17, 15) is 14.4 Å². The Kier molecular flexibility index (Phi) is 9.46. The van der Waals surface area contributed by atoms with E-state index in [1.54, 1.807) is 0 Å². The van der Waals surface area contributed by atoms with Crippen molar-refractivity contribution < 1.29 is 14.4 Å². The van der Waals surface area contributed by atoms with Crippen molar-refractivity contribution in [3.05, 3.63) is 70.2 Å². The Bertz CT molecular complexity index is 1290. The Morgan fingerprint density at radius 2 is 1.71 bits per heavy atom. The maximum Gasteiger partial charge on any atom is 0.273 e. The van der Waals surface area contributed by atoms with Crippen molar-refractivity contribution >= 4 is 46.3 Å². The highest BCUT2D eigenvalue weighted by Gasteiger charge is 2.36. The minimum atomic E-state index is -1.00. The van der Waals surface area contributed by atoms with Crippen molar-refractivity contribution in [3.63, 3.8) is 0 Å². The molecule has 3 rings (SSSR count). The zero-order valence-electron chi connectivity index (χ0n) is 22.5. The van der Waals surface area contributed by atoms with E-state index in [0.29, 0.717) is 30.1 Å². The second-order valence-corrected chi connectivity index (χ2v) is 10.4. The van der Waals surface area contributed by atoms with Crippen LogP contribution in [0.15, 0.2) is 48.5 Å². The van der Waals surface area contributed by atoms with Gasteiger partial charge >= 0.3 is 0 Å². The summed E-state index contributed by atoms with van der Waals surface area (Å²) in [5.74, 6) is -1.27. The van der Waals surface area contributed by atoms with Crippen LogP contribution < -0.4 is 26.6 Å². The quantitative estimate of drug-likeness (QED) is 0.339. The Hall–Kier alpha value is -3.92. The van der Waals surface area contributed by atoms with Crippen LogP contribution in [-0.2, 0) is 11.2 Å². The molecule has 0 saturated carbocycles. The maximum absolute atomic E-state index is 14.2. The number of carbonyl (C=O) groups is 3. The van der Waals surface area contributed by atoms with Crippen molar-refractivity contribution in [1.82, 2.24) is 9.69 Å². The van der Waals surface area contributed by atoms with Crippen molar-refractivity contribution in [1.29, 1.82) is 0 Å². The SMILES string of the molecule is CCc1ccccc1N(C(=O)c1snc(C(N)=O)c1N)C(C(=O)NCCC(C)C)c1ccc(N(C)C)cc1. The summed E-state index contributed by atoms with van der Waals surface area (Å²) in [6.07, 6.45) is 1.42. The molecule has 38 heavy (non-hydrogen) atoms. The highest BCUT2D eigenvalue weighted by atomic mass is 32.1. The predicted octanol–water partition coefficient (Wildman–Crippen LogP) is 4.00. The minimum Gasteiger partial charge on any atom is -0.395 e. The molecule has 1 aromatic heterocycles. The summed E-state index contributed by atoms with van der Waals surface area (Å²) in [5.41, 5.74) is 14.4. The van der Waals surface area contributed by atoms with Crippen LogP contribution in [0.3, 0.4) is 0 Å². The largest absolute Gasteiger partial charge is 0.395 e. The summed E-state index contributed by atoms with van der Waals surface area (Å²) in [5, 5.41) is 3.02. The van der Waals surface area contributed by atoms with E-state index in [1.165, 1.54) is 4.90 Å². The highest BCUT2D eigenvalue weighted by Crippen LogP contribution is 2.35. The number of nitrogens with two attached hydrogens (primary N) is 2. The van der Waals surface area contributed by atoms with Crippen LogP contribution in [0.5, 0.6) is 0 Å². The molecule has 3 aromatic rings. The van der Waals surface area contributed by atoms with Crippen LogP contribution in [0.1, 0.15) is 64.5 Å². The molecule has 1 atom stereocenters. The van der Waals surface area contributed by atoms with Gasteiger partial charge in [-0.2, -0.15) is 4.37 Å². The third-order valence-corrected chi connectivity index (χ3v) is 7.11. The number of aromatic nitrogens is 1. The van der Waals surface area contributed by atoms with Gasteiger partial charge in [-0.15, -0.1) is 0 Å². The number of para-hydroxylation sites is 1. The number of rotatable bonds is 11. The number of nitrogen functional groups attached to an aromatic ring is 1. The Morgan fingerprint density at radius 3 is 2.26 bits per heavy atom. The van der Waals surface area contributed by atoms with Gasteiger partial charge in [0.05, 0.1) is 5.69 Å². The van der Waals surface area contributed by atoms with Crippen molar-refractivity contribution in [3.8, 4) is 0 Å². The molecule has 0 bridgehead atoms. The van der Waals surface area contributed by atoms with Gasteiger partial charge in [0.1, 0.15) is 10.9 Å². The maximum atomic E-state index is 14.2. The Morgan fingerprint density at radius 1 is 1.05 bits per heavy atom. The third-order valence-electron chi connectivity index (χ3n) is 6.26. The fourth-order valence-electron chi connectivity index (χ4n) is 4.10. The third kappa shape index (κ3) is 6.31. The van der Waals surface area contributed by atoms with E-state index in [1.807, 2.05) is 74.4 Å². The molecule has 202 valence electrons. The molecular weight excluding hydrogens is 500 g/mol. The normalized spacial score (nSPS) is 11.7. The first-order valence-electron chi connectivity index (χ1n) is 12.6. The van der Waals surface area contributed by atoms with E-state index in [-0.39, 0.29) is 22.2 Å². The van der Waals surface area contributed by atoms with Crippen LogP contribution in [0.25, 0.3) is 0 Å². The molecule has 0 radical (unpaired) electrons. The zero-order chi connectivity index (χ0) is 28.0. The number of aryl methyl sites for hydroxylation is 1. The molecule has 2 aromatic carbocycles. The van der Waals surface area contributed by atoms with Gasteiger partial charge in [0.2, 0.25) is 5.91 Å². The molecule has 10 heteroatoms. The number of nitrogens with zero attached hydrogens (tertiary/aromatic N) is 3. The smallest absolute Gasteiger partial charge is 0.273 e. The molecular formula is C28H36N6O3S. The fraction of sp³-hybridized carbons (Fsp3) is 0.357. The monoisotopic (exact) mass is 536 g/mol. The second kappa shape index (κ2) is 12.6. The van der Waals surface area contributed by atoms with Gasteiger partial charge in [0, 0.05) is 32.0 Å². The van der Waals surface area contributed by atoms with Gasteiger partial charge < -0.3 is 21.7 Å². The van der Waals surface area contributed by atoms with Crippen LogP contribution in [0.2, 0.25) is 0 Å². The van der Waals surface area contributed by atoms with Crippen molar-refractivity contribution in [2.24, 2.45) is 11.7 Å². The predicted molar refractivity (Wildman–Crippen MR) is 154 cm³/mol. The van der Waals surface area contributed by atoms with Crippen LogP contribution in [0, 0.1) is 5.92 Å². The standard InChI is InChI=1S/C28H36N6O3S/c1-6-18-9-7-8-10-21(18)34(28(37)25-22(29)23(26(30)35)32-38-25)24(27(36)31-16-15-17(2)3)19-11-13-20(14-12-19)33(4)5/h7-14,17,24H,6,15-16,29H2,1-5H3,(H2,30,35)(H,31,36). The van der Waals surface area contributed by atoms with E-state index in [2.05, 4.69) is 23.5 Å². The highest BCUT2D eigenvalue weighted by molar-refractivity contribution is 7.09. The molecule has 5 N–H and O–H groups in total. The molecule has 0 fully saturated rings. The van der Waals surface area contributed by atoms with E-state index in [4.69, 9.17) is 11.5 Å². The molecule has 0 aliphatic carbocycles. The van der Waals surface area contributed by atoms with Gasteiger partial charge in [-0.25, -0.2) is 0 Å². The first-order chi connectivity index (χ1) is 18.1. The Balaban J connectivity index is 2.21. The summed E-state index contributed by atoms with van der Waals surface area (Å²) < 4.78 is 4.02. The molecule has 1 heterocycles. The first-order valence-corrected chi connectivity index (χ1v) is 13.4. The second-order valence-electron chi connectivity index (χ2n) is 9.66. The number of primary amides is 1. The molecule has 1 unspecified atom stereocenters. The summed E-state index contributed by atoms with van der Waals surface area (Å²) in [7, 11) is 3.86. The number of hydrogen-bond acceptors (Lipinski definition) is 7. The molecule has 0 saturated heterocycles. The van der Waals surface area contributed by atoms with Gasteiger partial charge in [-0.1, -0.05) is 51.1 Å². The summed E-state index contributed by atoms with van der Waals surface area (Å²) in [4.78, 5) is 43.4. The molecule has 0 aliphatic rings. The molecule has 0 spiro atoms. The van der Waals surface area contributed by atoms with Gasteiger partial charge in [0.15, 0.2) is 5.69 Å². The lowest BCUT2D eigenvalue weighted by atomic mass is 9.99. The average Bonchev–Trinajstić information content (AvgIpc) is 3.28. The van der Waals surface area contributed by atoms with Crippen LogP contribution in [-0.4, -0.2) is 42.7 Å². The van der Waals surface area contributed by atoms with Crippen LogP contribution >= 0.6 is 11.5 Å². The number of nitrogens with one attached hydrogen (secondary N) is 1. The number of anilines is 3. The summed E-state index contributed by atoms with van der Waals surface area (Å²) in [6, 6.07) is 14.0. The fourth-order valence-corrected chi connectivity index (χ4v) is 4.84. The number of hydrogen-bond donors (Lipinski definition) is 3. The molecule has 9 nitrogen and oxygen atoms in total. The number of benzene rings is 2. The minimum absolute atomic E-state index is 0.0506. The Labute approximate surface area is 228 Å². The number of carbonyl (C=O) groups excluding carboxylic acids is 3. The van der Waals surface area contributed by atoms with Gasteiger partial charge in [-0.3, -0.25) is 19.3 Å². The lowest BCUT2D eigenvalue weighted by molar-refractivity contribution is -0.122. The zero-order valence-corrected chi connectivity index (χ0v) is 23.3. The first kappa shape index (κ1) is 28.6. The van der Waals surface area contributed by atoms with E-state index in [0.717, 1.165) is 29.2 Å².